The van der Waals surface area contributed by atoms with Crippen LogP contribution in [0.3, 0.4) is 0 Å². The molecule has 0 bridgehead atoms. The summed E-state index contributed by atoms with van der Waals surface area (Å²) in [4.78, 5) is 38.5. The van der Waals surface area contributed by atoms with Crippen LogP contribution in [0.2, 0.25) is 0 Å². The Bertz CT molecular complexity index is 1860. The van der Waals surface area contributed by atoms with Gasteiger partial charge in [-0.15, -0.1) is 11.3 Å². The molecule has 1 spiro atoms. The Kier molecular flexibility index (Phi) is 10.8. The second-order valence-corrected chi connectivity index (χ2v) is 18.1. The van der Waals surface area contributed by atoms with Crippen molar-refractivity contribution >= 4 is 34.2 Å². The van der Waals surface area contributed by atoms with Gasteiger partial charge in [0.15, 0.2) is 0 Å². The Hall–Kier alpha value is -4.00. The molecule has 292 valence electrons. The number of nitrogen functional groups attached to an aromatic ring is 1. The van der Waals surface area contributed by atoms with E-state index in [-0.39, 0.29) is 17.6 Å². The van der Waals surface area contributed by atoms with Crippen LogP contribution >= 0.6 is 11.3 Å². The highest BCUT2D eigenvalue weighted by Crippen LogP contribution is 2.49. The minimum atomic E-state index is -0.627. The zero-order valence-electron chi connectivity index (χ0n) is 32.8. The average molecular weight is 761 g/mol. The number of rotatable bonds is 8. The Balaban J connectivity index is 1.17. The Labute approximate surface area is 323 Å². The molecular weight excluding hydrogens is 705 g/mol. The molecule has 1 aliphatic carbocycles. The first-order valence-corrected chi connectivity index (χ1v) is 20.4. The molecule has 0 saturated carbocycles. The molecule has 1 amide bonds. The summed E-state index contributed by atoms with van der Waals surface area (Å²) in [5, 5.41) is 15.1. The Morgan fingerprint density at radius 3 is 2.63 bits per heavy atom. The molecule has 54 heavy (non-hydrogen) atoms. The van der Waals surface area contributed by atoms with Crippen molar-refractivity contribution in [3.8, 4) is 17.6 Å². The number of nitriles is 1. The van der Waals surface area contributed by atoms with Gasteiger partial charge in [0.2, 0.25) is 17.7 Å². The number of aromatic nitrogens is 4. The molecule has 0 unspecified atom stereocenters. The maximum Gasteiger partial charge on any atom is 0.410 e. The predicted octanol–water partition coefficient (Wildman–Crippen LogP) is 5.85. The fraction of sp³-hybridized carbons (Fsp3) is 0.692. The zero-order chi connectivity index (χ0) is 38.3. The van der Waals surface area contributed by atoms with Gasteiger partial charge in [-0.1, -0.05) is 5.16 Å². The first-order chi connectivity index (χ1) is 25.8. The van der Waals surface area contributed by atoms with Gasteiger partial charge in [-0.05, 0) is 97.9 Å². The van der Waals surface area contributed by atoms with Gasteiger partial charge < -0.3 is 39.3 Å². The van der Waals surface area contributed by atoms with Gasteiger partial charge in [-0.2, -0.15) is 15.2 Å². The van der Waals surface area contributed by atoms with Crippen LogP contribution < -0.4 is 15.5 Å². The molecule has 3 aromatic rings. The lowest BCUT2D eigenvalue weighted by atomic mass is 9.72. The van der Waals surface area contributed by atoms with Crippen LogP contribution in [-0.4, -0.2) is 114 Å². The molecule has 4 aliphatic rings. The molecule has 0 radical (unpaired) electrons. The summed E-state index contributed by atoms with van der Waals surface area (Å²) in [5.74, 6) is 2.39. The number of amides is 1. The number of nitrogens with zero attached hydrogens (tertiary/aromatic N) is 9. The Morgan fingerprint density at radius 2 is 1.89 bits per heavy atom. The van der Waals surface area contributed by atoms with Crippen LogP contribution in [0.15, 0.2) is 10.6 Å². The van der Waals surface area contributed by atoms with Crippen molar-refractivity contribution < 1.29 is 18.8 Å². The van der Waals surface area contributed by atoms with Crippen molar-refractivity contribution in [2.24, 2.45) is 5.41 Å². The van der Waals surface area contributed by atoms with Crippen molar-refractivity contribution in [2.75, 3.05) is 81.6 Å². The molecule has 14 nitrogen and oxygen atoms in total. The fourth-order valence-corrected chi connectivity index (χ4v) is 10.1. The number of nitrogens with two attached hydrogens (primary N) is 1. The highest BCUT2D eigenvalue weighted by Gasteiger charge is 2.45. The molecule has 3 aliphatic heterocycles. The molecular formula is C39H56N10O4S. The molecule has 6 heterocycles. The van der Waals surface area contributed by atoms with Crippen molar-refractivity contribution in [1.82, 2.24) is 29.9 Å². The summed E-state index contributed by atoms with van der Waals surface area (Å²) in [7, 11) is 1.75. The SMILES string of the molecule is COCCCN1CCCN(c2nc(-c3noc([C@@]4(C)CCCc5sc(N)c(C#N)c54)n3)cc(N3CCC4(CCN(C(=O)OC(C)(C)C)C4)CC3)n2)[C@@H](C)C1. The summed E-state index contributed by atoms with van der Waals surface area (Å²) in [6.45, 7) is 17.7. The van der Waals surface area contributed by atoms with Crippen LogP contribution in [0.4, 0.5) is 21.6 Å². The summed E-state index contributed by atoms with van der Waals surface area (Å²) in [6.07, 6.45) is 7.26. The van der Waals surface area contributed by atoms with Crippen LogP contribution in [0.25, 0.3) is 11.5 Å². The number of aryl methyl sites for hydroxylation is 1. The normalized spacial score (nSPS) is 23.4. The van der Waals surface area contributed by atoms with E-state index in [2.05, 4.69) is 39.8 Å². The van der Waals surface area contributed by atoms with E-state index in [1.807, 2.05) is 31.7 Å². The second-order valence-electron chi connectivity index (χ2n) is 17.0. The van der Waals surface area contributed by atoms with Gasteiger partial charge in [-0.3, -0.25) is 0 Å². The van der Waals surface area contributed by atoms with E-state index in [1.165, 1.54) is 11.3 Å². The molecule has 2 atom stereocenters. The number of ether oxygens (including phenoxy) is 2. The number of carbonyl (C=O) groups is 1. The summed E-state index contributed by atoms with van der Waals surface area (Å²) < 4.78 is 17.1. The van der Waals surface area contributed by atoms with E-state index < -0.39 is 11.0 Å². The number of likely N-dealkylation sites (tertiary alicyclic amines) is 1. The molecule has 2 N–H and O–H groups in total. The highest BCUT2D eigenvalue weighted by molar-refractivity contribution is 7.16. The fourth-order valence-electron chi connectivity index (χ4n) is 8.91. The van der Waals surface area contributed by atoms with Gasteiger partial charge in [0.05, 0.1) is 11.0 Å². The van der Waals surface area contributed by atoms with Crippen LogP contribution in [-0.2, 0) is 21.3 Å². The van der Waals surface area contributed by atoms with Gasteiger partial charge >= 0.3 is 6.09 Å². The van der Waals surface area contributed by atoms with Gasteiger partial charge in [0, 0.05) is 82.1 Å². The van der Waals surface area contributed by atoms with E-state index in [1.54, 1.807) is 7.11 Å². The maximum absolute atomic E-state index is 12.9. The number of methoxy groups -OCH3 is 1. The van der Waals surface area contributed by atoms with E-state index >= 15 is 0 Å². The van der Waals surface area contributed by atoms with Crippen molar-refractivity contribution in [2.45, 2.75) is 103 Å². The van der Waals surface area contributed by atoms with E-state index in [4.69, 9.17) is 34.7 Å². The second kappa shape index (κ2) is 15.3. The standard InChI is InChI=1S/C39H56N10O4S/c1-26-24-46(16-9-21-51-6)15-8-17-49(26)35-42-28(33-44-34(53-45-33)38(5)11-7-10-29-31(38)27(23-40)32(41)54-29)22-30(43-35)47-18-12-39(13-19-47)14-20-48(25-39)36(50)52-37(2,3)4/h22,26H,7-21,24-25,41H2,1-6H3/t26-,38-/m0/s1. The number of piperidine rings is 1. The van der Waals surface area contributed by atoms with Crippen molar-refractivity contribution in [1.29, 1.82) is 5.26 Å². The average Bonchev–Trinajstić information content (AvgIpc) is 3.84. The number of hydrogen-bond acceptors (Lipinski definition) is 14. The topological polar surface area (TPSA) is 163 Å². The maximum atomic E-state index is 12.9. The molecule has 3 saturated heterocycles. The van der Waals surface area contributed by atoms with E-state index in [9.17, 15) is 10.1 Å². The lowest BCUT2D eigenvalue weighted by Gasteiger charge is -2.40. The van der Waals surface area contributed by atoms with E-state index in [0.29, 0.717) is 33.9 Å². The third-order valence-electron chi connectivity index (χ3n) is 11.8. The summed E-state index contributed by atoms with van der Waals surface area (Å²) in [6, 6.07) is 4.53. The summed E-state index contributed by atoms with van der Waals surface area (Å²) >= 11 is 1.49. The van der Waals surface area contributed by atoms with E-state index in [0.717, 1.165) is 127 Å². The lowest BCUT2D eigenvalue weighted by Crippen LogP contribution is -2.44. The molecule has 15 heteroatoms. The first-order valence-electron chi connectivity index (χ1n) is 19.6. The van der Waals surface area contributed by atoms with Crippen LogP contribution in [0, 0.1) is 16.7 Å². The number of anilines is 3. The molecule has 3 aromatic heterocycles. The number of thiophene rings is 1. The van der Waals surface area contributed by atoms with Gasteiger partial charge in [-0.25, -0.2) is 9.78 Å². The third-order valence-corrected chi connectivity index (χ3v) is 12.9. The van der Waals surface area contributed by atoms with Crippen LogP contribution in [0.1, 0.15) is 101 Å². The monoisotopic (exact) mass is 760 g/mol. The molecule has 3 fully saturated rings. The third kappa shape index (κ3) is 7.75. The first kappa shape index (κ1) is 38.3. The smallest absolute Gasteiger partial charge is 0.410 e. The molecule has 0 aromatic carbocycles. The number of hydrogen-bond donors (Lipinski definition) is 1. The number of fused-ring (bicyclic) bond motifs is 1. The van der Waals surface area contributed by atoms with Gasteiger partial charge in [0.1, 0.15) is 28.2 Å². The largest absolute Gasteiger partial charge is 0.444 e. The summed E-state index contributed by atoms with van der Waals surface area (Å²) in [5.41, 5.74) is 7.30. The Morgan fingerprint density at radius 1 is 1.11 bits per heavy atom. The minimum Gasteiger partial charge on any atom is -0.444 e. The minimum absolute atomic E-state index is 0.0713. The highest BCUT2D eigenvalue weighted by atomic mass is 32.1. The number of carbonyl (C=O) groups excluding carboxylic acids is 1. The van der Waals surface area contributed by atoms with Crippen molar-refractivity contribution in [3.63, 3.8) is 0 Å². The predicted molar refractivity (Wildman–Crippen MR) is 209 cm³/mol. The van der Waals surface area contributed by atoms with Gasteiger partial charge in [0.25, 0.3) is 0 Å². The van der Waals surface area contributed by atoms with Crippen LogP contribution in [0.5, 0.6) is 0 Å². The lowest BCUT2D eigenvalue weighted by molar-refractivity contribution is 0.0266. The quantitative estimate of drug-likeness (QED) is 0.273. The molecule has 7 rings (SSSR count). The van der Waals surface area contributed by atoms with Crippen molar-refractivity contribution in [3.05, 3.63) is 28.0 Å². The zero-order valence-corrected chi connectivity index (χ0v) is 33.6.